The van der Waals surface area contributed by atoms with Gasteiger partial charge in [-0.15, -0.1) is 0 Å². The zero-order chi connectivity index (χ0) is 12.6. The second kappa shape index (κ2) is 8.13. The summed E-state index contributed by atoms with van der Waals surface area (Å²) in [4.78, 5) is 5.23. The van der Waals surface area contributed by atoms with E-state index in [0.717, 1.165) is 6.04 Å². The largest absolute Gasteiger partial charge is 0.314 e. The molecule has 0 aromatic carbocycles. The van der Waals surface area contributed by atoms with Gasteiger partial charge in [-0.25, -0.2) is 0 Å². The van der Waals surface area contributed by atoms with Crippen LogP contribution in [0.15, 0.2) is 0 Å². The Labute approximate surface area is 113 Å². The van der Waals surface area contributed by atoms with Gasteiger partial charge in [0.25, 0.3) is 0 Å². The summed E-state index contributed by atoms with van der Waals surface area (Å²) in [7, 11) is 2.33. The van der Waals surface area contributed by atoms with Crippen LogP contribution in [0, 0.1) is 0 Å². The van der Waals surface area contributed by atoms with E-state index in [2.05, 4.69) is 22.2 Å². The molecule has 0 atom stereocenters. The van der Waals surface area contributed by atoms with Crippen molar-refractivity contribution in [1.82, 2.24) is 15.1 Å². The Balaban J connectivity index is 1.51. The highest BCUT2D eigenvalue weighted by Gasteiger charge is 2.17. The van der Waals surface area contributed by atoms with E-state index in [0.29, 0.717) is 0 Å². The maximum atomic E-state index is 3.42. The van der Waals surface area contributed by atoms with E-state index in [1.165, 1.54) is 84.2 Å². The van der Waals surface area contributed by atoms with Crippen LogP contribution in [0.4, 0.5) is 0 Å². The molecule has 0 spiro atoms. The van der Waals surface area contributed by atoms with Gasteiger partial charge < -0.3 is 15.1 Å². The lowest BCUT2D eigenvalue weighted by atomic mass is 9.94. The van der Waals surface area contributed by atoms with Crippen LogP contribution in [0.3, 0.4) is 0 Å². The van der Waals surface area contributed by atoms with Crippen LogP contribution in [0.2, 0.25) is 0 Å². The third-order valence-electron chi connectivity index (χ3n) is 4.64. The number of nitrogens with one attached hydrogen (secondary N) is 1. The molecular formula is C15H31N3. The van der Waals surface area contributed by atoms with Gasteiger partial charge in [-0.1, -0.05) is 19.3 Å². The fourth-order valence-electron chi connectivity index (χ4n) is 3.34. The zero-order valence-corrected chi connectivity index (χ0v) is 12.2. The number of piperazine rings is 1. The first-order chi connectivity index (χ1) is 8.86. The van der Waals surface area contributed by atoms with E-state index < -0.39 is 0 Å². The predicted molar refractivity (Wildman–Crippen MR) is 78.0 cm³/mol. The van der Waals surface area contributed by atoms with Crippen molar-refractivity contribution in [1.29, 1.82) is 0 Å². The van der Waals surface area contributed by atoms with Crippen molar-refractivity contribution in [2.45, 2.75) is 51.0 Å². The molecule has 0 amide bonds. The summed E-state index contributed by atoms with van der Waals surface area (Å²) >= 11 is 0. The number of nitrogens with zero attached hydrogens (tertiary/aromatic N) is 2. The Hall–Kier alpha value is -0.120. The van der Waals surface area contributed by atoms with Gasteiger partial charge in [0, 0.05) is 32.2 Å². The molecule has 0 unspecified atom stereocenters. The zero-order valence-electron chi connectivity index (χ0n) is 12.2. The van der Waals surface area contributed by atoms with Crippen molar-refractivity contribution in [2.75, 3.05) is 46.3 Å². The number of rotatable bonds is 6. The molecule has 1 aliphatic heterocycles. The minimum absolute atomic E-state index is 0.887. The molecule has 1 N–H and O–H groups in total. The van der Waals surface area contributed by atoms with E-state index in [4.69, 9.17) is 0 Å². The van der Waals surface area contributed by atoms with E-state index in [1.807, 2.05) is 0 Å². The number of hydrogen-bond acceptors (Lipinski definition) is 3. The smallest absolute Gasteiger partial charge is 0.0107 e. The molecule has 1 saturated carbocycles. The molecule has 18 heavy (non-hydrogen) atoms. The topological polar surface area (TPSA) is 18.5 Å². The molecule has 1 heterocycles. The summed E-state index contributed by atoms with van der Waals surface area (Å²) in [5, 5.41) is 3.42. The average molecular weight is 253 g/mol. The second-order valence-electron chi connectivity index (χ2n) is 6.07. The summed E-state index contributed by atoms with van der Waals surface area (Å²) in [5.74, 6) is 0. The number of hydrogen-bond donors (Lipinski definition) is 1. The molecule has 1 aliphatic carbocycles. The van der Waals surface area contributed by atoms with Crippen molar-refractivity contribution in [3.05, 3.63) is 0 Å². The molecule has 2 rings (SSSR count). The number of unbranched alkanes of at least 4 members (excludes halogenated alkanes) is 1. The Morgan fingerprint density at radius 1 is 1.06 bits per heavy atom. The van der Waals surface area contributed by atoms with Crippen LogP contribution >= 0.6 is 0 Å². The Morgan fingerprint density at radius 3 is 2.50 bits per heavy atom. The summed E-state index contributed by atoms with van der Waals surface area (Å²) in [5.41, 5.74) is 0. The minimum Gasteiger partial charge on any atom is -0.314 e. The van der Waals surface area contributed by atoms with E-state index in [-0.39, 0.29) is 0 Å². The van der Waals surface area contributed by atoms with Crippen molar-refractivity contribution in [3.8, 4) is 0 Å². The summed E-state index contributed by atoms with van der Waals surface area (Å²) in [6, 6.07) is 0.887. The van der Waals surface area contributed by atoms with Gasteiger partial charge in [0.05, 0.1) is 0 Å². The molecular weight excluding hydrogens is 222 g/mol. The predicted octanol–water partition coefficient (Wildman–Crippen LogP) is 1.94. The lowest BCUT2D eigenvalue weighted by Gasteiger charge is -2.31. The Kier molecular flexibility index (Phi) is 6.46. The van der Waals surface area contributed by atoms with Gasteiger partial charge in [-0.3, -0.25) is 0 Å². The quantitative estimate of drug-likeness (QED) is 0.730. The van der Waals surface area contributed by atoms with E-state index in [9.17, 15) is 0 Å². The van der Waals surface area contributed by atoms with E-state index in [1.54, 1.807) is 0 Å². The van der Waals surface area contributed by atoms with Crippen LogP contribution in [-0.2, 0) is 0 Å². The van der Waals surface area contributed by atoms with Gasteiger partial charge in [-0.2, -0.15) is 0 Å². The van der Waals surface area contributed by atoms with E-state index >= 15 is 0 Å². The molecule has 3 heteroatoms. The third-order valence-corrected chi connectivity index (χ3v) is 4.64. The molecule has 106 valence electrons. The maximum Gasteiger partial charge on any atom is 0.0107 e. The highest BCUT2D eigenvalue weighted by atomic mass is 15.2. The van der Waals surface area contributed by atoms with Crippen LogP contribution in [0.5, 0.6) is 0 Å². The fraction of sp³-hybridized carbons (Fsp3) is 1.00. The highest BCUT2D eigenvalue weighted by molar-refractivity contribution is 4.73. The third kappa shape index (κ3) is 4.87. The minimum atomic E-state index is 0.887. The van der Waals surface area contributed by atoms with Gasteiger partial charge in [-0.05, 0) is 45.8 Å². The maximum absolute atomic E-state index is 3.42. The lowest BCUT2D eigenvalue weighted by molar-refractivity contribution is 0.181. The van der Waals surface area contributed by atoms with Crippen molar-refractivity contribution >= 4 is 0 Å². The molecule has 2 fully saturated rings. The standard InChI is InChI=1S/C15H31N3/c1-17(15-7-3-2-4-8-15)11-5-6-12-18-13-9-16-10-14-18/h15-16H,2-14H2,1H3. The molecule has 0 aromatic heterocycles. The first-order valence-electron chi connectivity index (χ1n) is 7.99. The van der Waals surface area contributed by atoms with Crippen LogP contribution in [0.25, 0.3) is 0 Å². The van der Waals surface area contributed by atoms with Crippen LogP contribution in [0.1, 0.15) is 44.9 Å². The van der Waals surface area contributed by atoms with Gasteiger partial charge >= 0.3 is 0 Å². The molecule has 2 aliphatic rings. The molecule has 1 saturated heterocycles. The van der Waals surface area contributed by atoms with Crippen LogP contribution in [-0.4, -0.2) is 62.2 Å². The highest BCUT2D eigenvalue weighted by Crippen LogP contribution is 2.21. The van der Waals surface area contributed by atoms with Gasteiger partial charge in [0.2, 0.25) is 0 Å². The van der Waals surface area contributed by atoms with Crippen molar-refractivity contribution in [2.24, 2.45) is 0 Å². The van der Waals surface area contributed by atoms with Crippen molar-refractivity contribution in [3.63, 3.8) is 0 Å². The summed E-state index contributed by atoms with van der Waals surface area (Å²) in [6.45, 7) is 7.47. The second-order valence-corrected chi connectivity index (χ2v) is 6.07. The van der Waals surface area contributed by atoms with Crippen LogP contribution < -0.4 is 5.32 Å². The fourth-order valence-corrected chi connectivity index (χ4v) is 3.34. The molecule has 0 radical (unpaired) electrons. The summed E-state index contributed by atoms with van der Waals surface area (Å²) in [6.07, 6.45) is 10.00. The SMILES string of the molecule is CN(CCCCN1CCNCC1)C1CCCCC1. The molecule has 0 aromatic rings. The normalized spacial score (nSPS) is 23.7. The first-order valence-corrected chi connectivity index (χ1v) is 7.99. The van der Waals surface area contributed by atoms with Gasteiger partial charge in [0.15, 0.2) is 0 Å². The Morgan fingerprint density at radius 2 is 1.78 bits per heavy atom. The molecule has 3 nitrogen and oxygen atoms in total. The monoisotopic (exact) mass is 253 g/mol. The van der Waals surface area contributed by atoms with Gasteiger partial charge in [0.1, 0.15) is 0 Å². The first kappa shape index (κ1) is 14.3. The average Bonchev–Trinajstić information content (AvgIpc) is 2.45. The lowest BCUT2D eigenvalue weighted by Crippen LogP contribution is -2.43. The Bertz CT molecular complexity index is 208. The summed E-state index contributed by atoms with van der Waals surface area (Å²) < 4.78 is 0. The van der Waals surface area contributed by atoms with Crippen molar-refractivity contribution < 1.29 is 0 Å². The molecule has 0 bridgehead atoms.